The van der Waals surface area contributed by atoms with Crippen LogP contribution < -0.4 is 10.6 Å². The first-order valence-electron chi connectivity index (χ1n) is 10.6. The van der Waals surface area contributed by atoms with Crippen LogP contribution in [0.1, 0.15) is 57.8 Å². The molecule has 3 aromatic heterocycles. The van der Waals surface area contributed by atoms with Crippen molar-refractivity contribution in [1.29, 1.82) is 0 Å². The smallest absolute Gasteiger partial charge is 0.370 e. The van der Waals surface area contributed by atoms with E-state index in [1.54, 1.807) is 6.92 Å². The number of thioether (sulfide) groups is 1. The van der Waals surface area contributed by atoms with Crippen LogP contribution in [-0.2, 0) is 11.7 Å². The number of halogens is 3. The number of aromatic nitrogens is 8. The van der Waals surface area contributed by atoms with E-state index in [0.29, 0.717) is 23.2 Å². The van der Waals surface area contributed by atoms with Gasteiger partial charge in [0.2, 0.25) is 11.1 Å². The predicted octanol–water partition coefficient (Wildman–Crippen LogP) is 4.08. The molecular formula is C19H25F3N10S. The number of tetrazole rings is 1. The van der Waals surface area contributed by atoms with Gasteiger partial charge in [-0.2, -0.15) is 28.1 Å². The highest BCUT2D eigenvalue weighted by molar-refractivity contribution is 7.99. The van der Waals surface area contributed by atoms with Gasteiger partial charge < -0.3 is 10.6 Å². The first-order chi connectivity index (χ1) is 15.6. The number of rotatable bonds is 9. The molecule has 1 fully saturated rings. The molecule has 33 heavy (non-hydrogen) atoms. The maximum Gasteiger partial charge on any atom is 0.421 e. The van der Waals surface area contributed by atoms with Crippen LogP contribution >= 0.6 is 11.8 Å². The second-order valence-electron chi connectivity index (χ2n) is 8.05. The summed E-state index contributed by atoms with van der Waals surface area (Å²) in [6.07, 6.45) is -1.85. The second kappa shape index (κ2) is 8.80. The minimum Gasteiger partial charge on any atom is -0.370 e. The average Bonchev–Trinajstić information content (AvgIpc) is 3.31. The number of nitrogens with zero attached hydrogens (tertiary/aromatic N) is 8. The highest BCUT2D eigenvalue weighted by Gasteiger charge is 2.36. The Balaban J connectivity index is 1.66. The molecule has 10 nitrogen and oxygen atoms in total. The zero-order valence-corrected chi connectivity index (χ0v) is 19.5. The molecule has 0 radical (unpaired) electrons. The highest BCUT2D eigenvalue weighted by atomic mass is 32.2. The zero-order valence-electron chi connectivity index (χ0n) is 18.7. The molecular weight excluding hydrogens is 457 g/mol. The summed E-state index contributed by atoms with van der Waals surface area (Å²) in [6, 6.07) is 2.03. The molecule has 1 aliphatic rings. The molecule has 14 heteroatoms. The molecule has 1 saturated carbocycles. The maximum absolute atomic E-state index is 13.3. The molecule has 0 unspecified atom stereocenters. The third-order valence-corrected chi connectivity index (χ3v) is 5.81. The molecule has 0 aromatic carbocycles. The Bertz CT molecular complexity index is 1120. The quantitative estimate of drug-likeness (QED) is 0.436. The van der Waals surface area contributed by atoms with Crippen molar-refractivity contribution in [3.63, 3.8) is 0 Å². The summed E-state index contributed by atoms with van der Waals surface area (Å²) in [7, 11) is 0. The molecule has 4 rings (SSSR count). The summed E-state index contributed by atoms with van der Waals surface area (Å²) in [5.74, 6) is 1.20. The van der Waals surface area contributed by atoms with Crippen molar-refractivity contribution < 1.29 is 13.2 Å². The van der Waals surface area contributed by atoms with E-state index in [1.807, 2.05) is 31.5 Å². The number of anilines is 3. The Morgan fingerprint density at radius 1 is 1.18 bits per heavy atom. The van der Waals surface area contributed by atoms with Crippen LogP contribution in [0.3, 0.4) is 0 Å². The lowest BCUT2D eigenvalue weighted by atomic mass is 10.0. The van der Waals surface area contributed by atoms with Gasteiger partial charge in [-0.15, -0.1) is 10.2 Å². The van der Waals surface area contributed by atoms with Gasteiger partial charge in [-0.25, -0.2) is 9.67 Å². The number of alkyl halides is 3. The SMILES string of the molecule is CCNc1nc(Nc2cc(C(C)(C)n3nnc(SCC)n3)nn2C2CC2)ncc1C(F)(F)F. The van der Waals surface area contributed by atoms with Gasteiger partial charge in [0.25, 0.3) is 0 Å². The largest absolute Gasteiger partial charge is 0.421 e. The second-order valence-corrected chi connectivity index (χ2v) is 9.28. The third kappa shape index (κ3) is 4.89. The molecule has 2 N–H and O–H groups in total. The van der Waals surface area contributed by atoms with Crippen molar-refractivity contribution in [3.8, 4) is 0 Å². The van der Waals surface area contributed by atoms with Crippen LogP contribution in [0.4, 0.5) is 30.8 Å². The molecule has 178 valence electrons. The normalized spacial score (nSPS) is 14.5. The van der Waals surface area contributed by atoms with Gasteiger partial charge in [-0.05, 0) is 44.6 Å². The van der Waals surface area contributed by atoms with Gasteiger partial charge >= 0.3 is 6.18 Å². The molecule has 1 aliphatic carbocycles. The van der Waals surface area contributed by atoms with E-state index in [0.717, 1.165) is 24.8 Å². The van der Waals surface area contributed by atoms with E-state index in [4.69, 9.17) is 5.10 Å². The van der Waals surface area contributed by atoms with Crippen LogP contribution in [-0.4, -0.2) is 52.3 Å². The summed E-state index contributed by atoms with van der Waals surface area (Å²) >= 11 is 1.49. The van der Waals surface area contributed by atoms with E-state index in [-0.39, 0.29) is 17.8 Å². The molecule has 0 saturated heterocycles. The fourth-order valence-corrected chi connectivity index (χ4v) is 3.67. The van der Waals surface area contributed by atoms with Gasteiger partial charge in [-0.3, -0.25) is 0 Å². The topological polar surface area (TPSA) is 111 Å². The van der Waals surface area contributed by atoms with Crippen molar-refractivity contribution in [2.45, 2.75) is 63.5 Å². The van der Waals surface area contributed by atoms with Crippen molar-refractivity contribution in [2.75, 3.05) is 22.9 Å². The summed E-state index contributed by atoms with van der Waals surface area (Å²) in [4.78, 5) is 9.47. The molecule has 0 spiro atoms. The average molecular weight is 483 g/mol. The van der Waals surface area contributed by atoms with Crippen LogP contribution in [0, 0.1) is 0 Å². The third-order valence-electron chi connectivity index (χ3n) is 5.10. The Labute approximate surface area is 192 Å². The summed E-state index contributed by atoms with van der Waals surface area (Å²) in [6.45, 7) is 7.86. The fraction of sp³-hybridized carbons (Fsp3) is 0.579. The van der Waals surface area contributed by atoms with Crippen molar-refractivity contribution in [3.05, 3.63) is 23.5 Å². The molecule has 3 aromatic rings. The van der Waals surface area contributed by atoms with E-state index in [1.165, 1.54) is 16.6 Å². The lowest BCUT2D eigenvalue weighted by molar-refractivity contribution is -0.137. The molecule has 0 amide bonds. The van der Waals surface area contributed by atoms with Gasteiger partial charge in [0.05, 0.1) is 11.7 Å². The summed E-state index contributed by atoms with van der Waals surface area (Å²) in [5, 5.41) is 23.7. The summed E-state index contributed by atoms with van der Waals surface area (Å²) in [5.41, 5.74) is -0.932. The van der Waals surface area contributed by atoms with Gasteiger partial charge in [0.15, 0.2) is 0 Å². The van der Waals surface area contributed by atoms with E-state index in [9.17, 15) is 13.2 Å². The minimum absolute atomic E-state index is 0.0469. The first kappa shape index (κ1) is 23.3. The monoisotopic (exact) mass is 482 g/mol. The standard InChI is InChI=1S/C19H25F3N10S/c1-5-23-15-12(19(20,21)22)10-24-16(26-15)25-14-9-13(28-31(14)11-7-8-11)18(3,4)32-29-17(27-30-32)33-6-2/h9-11H,5-8H2,1-4H3,(H2,23,24,25,26). The number of hydrogen-bond donors (Lipinski definition) is 2. The lowest BCUT2D eigenvalue weighted by Gasteiger charge is -2.20. The lowest BCUT2D eigenvalue weighted by Crippen LogP contribution is -2.31. The van der Waals surface area contributed by atoms with Gasteiger partial charge in [0, 0.05) is 18.8 Å². The van der Waals surface area contributed by atoms with Gasteiger partial charge in [0.1, 0.15) is 22.7 Å². The van der Waals surface area contributed by atoms with Crippen molar-refractivity contribution >= 4 is 29.3 Å². The Kier molecular flexibility index (Phi) is 6.20. The maximum atomic E-state index is 13.3. The van der Waals surface area contributed by atoms with Crippen molar-refractivity contribution in [2.24, 2.45) is 0 Å². The first-order valence-corrected chi connectivity index (χ1v) is 11.6. The van der Waals surface area contributed by atoms with Crippen molar-refractivity contribution in [1.82, 2.24) is 40.0 Å². The molecule has 0 bridgehead atoms. The Morgan fingerprint density at radius 2 is 1.94 bits per heavy atom. The zero-order chi connectivity index (χ0) is 23.8. The van der Waals surface area contributed by atoms with Crippen LogP contribution in [0.2, 0.25) is 0 Å². The van der Waals surface area contributed by atoms with Crippen LogP contribution in [0.25, 0.3) is 0 Å². The Hall–Kier alpha value is -2.90. The Morgan fingerprint density at radius 3 is 2.58 bits per heavy atom. The van der Waals surface area contributed by atoms with E-state index in [2.05, 4.69) is 36.0 Å². The highest BCUT2D eigenvalue weighted by Crippen LogP contribution is 2.39. The van der Waals surface area contributed by atoms with E-state index >= 15 is 0 Å². The van der Waals surface area contributed by atoms with E-state index < -0.39 is 17.3 Å². The van der Waals surface area contributed by atoms with Gasteiger partial charge in [-0.1, -0.05) is 18.7 Å². The summed E-state index contributed by atoms with van der Waals surface area (Å²) < 4.78 is 41.7. The number of hydrogen-bond acceptors (Lipinski definition) is 9. The predicted molar refractivity (Wildman–Crippen MR) is 118 cm³/mol. The molecule has 0 aliphatic heterocycles. The van der Waals surface area contributed by atoms with Crippen LogP contribution in [0.5, 0.6) is 0 Å². The molecule has 3 heterocycles. The number of nitrogens with one attached hydrogen (secondary N) is 2. The van der Waals surface area contributed by atoms with Crippen LogP contribution in [0.15, 0.2) is 17.4 Å². The fourth-order valence-electron chi connectivity index (χ4n) is 3.18. The minimum atomic E-state index is -4.55. The molecule has 0 atom stereocenters.